The summed E-state index contributed by atoms with van der Waals surface area (Å²) in [7, 11) is 3.48. The summed E-state index contributed by atoms with van der Waals surface area (Å²) in [5, 5.41) is 0. The summed E-state index contributed by atoms with van der Waals surface area (Å²) in [4.78, 5) is 0. The molecule has 1 aromatic rings. The molecule has 0 saturated carbocycles. The fourth-order valence-corrected chi connectivity index (χ4v) is 1.14. The van der Waals surface area contributed by atoms with Crippen molar-refractivity contribution in [2.24, 2.45) is 0 Å². The molecule has 1 unspecified atom stereocenters. The van der Waals surface area contributed by atoms with Crippen molar-refractivity contribution in [1.82, 2.24) is 0 Å². The maximum absolute atomic E-state index is 3.85. The largest absolute Gasteiger partial charge is 0.722 e. The van der Waals surface area contributed by atoms with E-state index in [2.05, 4.69) is 37.8 Å². The Balaban J connectivity index is 2.77. The molecule has 0 amide bonds. The van der Waals surface area contributed by atoms with Crippen molar-refractivity contribution in [2.75, 3.05) is 0 Å². The predicted molar refractivity (Wildman–Crippen MR) is 52.2 cm³/mol. The lowest BCUT2D eigenvalue weighted by molar-refractivity contribution is 0.186. The summed E-state index contributed by atoms with van der Waals surface area (Å²) in [5.41, 5.74) is 1.38. The van der Waals surface area contributed by atoms with Crippen LogP contribution in [0.15, 0.2) is 24.3 Å². The molecule has 0 aromatic heterocycles. The summed E-state index contributed by atoms with van der Waals surface area (Å²) in [6, 6.07) is 8.26. The van der Waals surface area contributed by atoms with Gasteiger partial charge in [-0.15, -0.1) is 0 Å². The summed E-state index contributed by atoms with van der Waals surface area (Å²) >= 11 is 0. The van der Waals surface area contributed by atoms with Crippen molar-refractivity contribution in [3.8, 4) is 5.75 Å². The van der Waals surface area contributed by atoms with Gasteiger partial charge >= 0.3 is 0 Å². The molecule has 0 fully saturated rings. The number of ether oxygens (including phenoxy) is 1. The maximum atomic E-state index is 3.85. The van der Waals surface area contributed by atoms with Crippen molar-refractivity contribution in [3.63, 3.8) is 0 Å². The second-order valence-electron chi connectivity index (χ2n) is 3.06. The highest BCUT2D eigenvalue weighted by atomic mass is 16.5. The first-order valence-corrected chi connectivity index (χ1v) is 4.34. The van der Waals surface area contributed by atoms with Crippen LogP contribution < -0.4 is 0 Å². The van der Waals surface area contributed by atoms with E-state index < -0.39 is 0 Å². The van der Waals surface area contributed by atoms with E-state index in [0.717, 1.165) is 5.75 Å². The Kier molecular flexibility index (Phi) is 3.15. The van der Waals surface area contributed by atoms with E-state index in [1.807, 2.05) is 12.1 Å². The topological polar surface area (TPSA) is 12.8 Å². The smallest absolute Gasteiger partial charge is 0.225 e. The van der Waals surface area contributed by atoms with Gasteiger partial charge in [0.15, 0.2) is 0 Å². The van der Waals surface area contributed by atoms with Crippen LogP contribution in [0.4, 0.5) is 0 Å². The summed E-state index contributed by atoms with van der Waals surface area (Å²) < 4.78 is 3.85. The predicted octanol–water partition coefficient (Wildman–Crippen LogP) is 3.23. The third-order valence-corrected chi connectivity index (χ3v) is 2.26. The SMILES string of the molecule is [CH2-][OH+]c1ccc(C(C)CC)cc1. The van der Waals surface area contributed by atoms with Crippen LogP contribution in [0.2, 0.25) is 0 Å². The molecule has 1 heteroatoms. The zero-order valence-electron chi connectivity index (χ0n) is 7.75. The van der Waals surface area contributed by atoms with Gasteiger partial charge in [-0.1, -0.05) is 13.8 Å². The molecular formula is C11H16O. The Morgan fingerprint density at radius 3 is 2.33 bits per heavy atom. The van der Waals surface area contributed by atoms with E-state index in [0.29, 0.717) is 5.92 Å². The fraction of sp³-hybridized carbons (Fsp3) is 0.364. The third-order valence-electron chi connectivity index (χ3n) is 2.26. The van der Waals surface area contributed by atoms with Crippen LogP contribution in [-0.2, 0) is 0 Å². The highest BCUT2D eigenvalue weighted by Gasteiger charge is 2.02. The van der Waals surface area contributed by atoms with Crippen LogP contribution in [0.1, 0.15) is 31.7 Å². The van der Waals surface area contributed by atoms with Crippen molar-refractivity contribution >= 4 is 0 Å². The average Bonchev–Trinajstić information content (AvgIpc) is 2.17. The molecule has 66 valence electrons. The van der Waals surface area contributed by atoms with E-state index in [1.165, 1.54) is 12.0 Å². The van der Waals surface area contributed by atoms with Gasteiger partial charge in [-0.3, -0.25) is 0 Å². The molecule has 1 rings (SSSR count). The van der Waals surface area contributed by atoms with Crippen molar-refractivity contribution in [3.05, 3.63) is 36.9 Å². The first-order chi connectivity index (χ1) is 5.77. The second-order valence-corrected chi connectivity index (χ2v) is 3.06. The standard InChI is InChI=1S/C11H16O/c1-4-9(2)10-5-7-11(12-3)8-6-10/h5-9,12H,3-4H2,1-2H3. The Bertz CT molecular complexity index is 225. The average molecular weight is 164 g/mol. The van der Waals surface area contributed by atoms with E-state index in [-0.39, 0.29) is 0 Å². The molecule has 0 radical (unpaired) electrons. The van der Waals surface area contributed by atoms with E-state index >= 15 is 0 Å². The lowest BCUT2D eigenvalue weighted by Gasteiger charge is -2.09. The molecule has 0 aliphatic carbocycles. The van der Waals surface area contributed by atoms with Crippen molar-refractivity contribution in [1.29, 1.82) is 0 Å². The summed E-state index contributed by atoms with van der Waals surface area (Å²) in [6.45, 7) is 4.43. The number of benzene rings is 1. The Labute approximate surface area is 74.4 Å². The second kappa shape index (κ2) is 4.15. The number of hydrogen-bond acceptors (Lipinski definition) is 0. The van der Waals surface area contributed by atoms with Crippen LogP contribution in [0, 0.1) is 7.11 Å². The minimum absolute atomic E-state index is 0.642. The van der Waals surface area contributed by atoms with Crippen molar-refractivity contribution in [2.45, 2.75) is 26.2 Å². The number of aliphatic hydroxyl groups is 1. The van der Waals surface area contributed by atoms with Gasteiger partial charge in [-0.05, 0) is 37.1 Å². The molecule has 1 N–H and O–H groups in total. The highest BCUT2D eigenvalue weighted by Crippen LogP contribution is 2.21. The van der Waals surface area contributed by atoms with E-state index in [1.54, 1.807) is 0 Å². The highest BCUT2D eigenvalue weighted by molar-refractivity contribution is 5.28. The molecule has 1 aromatic carbocycles. The van der Waals surface area contributed by atoms with Crippen LogP contribution >= 0.6 is 0 Å². The van der Waals surface area contributed by atoms with Gasteiger partial charge in [0.1, 0.15) is 0 Å². The first-order valence-electron chi connectivity index (χ1n) is 4.34. The molecule has 1 nitrogen and oxygen atoms in total. The van der Waals surface area contributed by atoms with Gasteiger partial charge in [0.05, 0.1) is 0 Å². The normalized spacial score (nSPS) is 12.6. The van der Waals surface area contributed by atoms with Gasteiger partial charge in [0.2, 0.25) is 5.75 Å². The van der Waals surface area contributed by atoms with Gasteiger partial charge in [0, 0.05) is 12.1 Å². The van der Waals surface area contributed by atoms with Crippen LogP contribution in [0.3, 0.4) is 0 Å². The molecule has 0 aliphatic rings. The van der Waals surface area contributed by atoms with E-state index in [4.69, 9.17) is 0 Å². The Morgan fingerprint density at radius 1 is 1.33 bits per heavy atom. The van der Waals surface area contributed by atoms with Gasteiger partial charge < -0.3 is 4.74 Å². The minimum atomic E-state index is 0.642. The zero-order chi connectivity index (χ0) is 8.97. The van der Waals surface area contributed by atoms with Crippen LogP contribution in [0.25, 0.3) is 0 Å². The molecular weight excluding hydrogens is 148 g/mol. The molecule has 0 saturated heterocycles. The van der Waals surface area contributed by atoms with E-state index in [9.17, 15) is 0 Å². The van der Waals surface area contributed by atoms with Crippen LogP contribution in [0.5, 0.6) is 5.75 Å². The number of rotatable bonds is 3. The lowest BCUT2D eigenvalue weighted by atomic mass is 9.99. The summed E-state index contributed by atoms with van der Waals surface area (Å²) in [5.74, 6) is 1.59. The van der Waals surface area contributed by atoms with Crippen LogP contribution in [-0.4, -0.2) is 4.74 Å². The maximum Gasteiger partial charge on any atom is 0.225 e. The third kappa shape index (κ3) is 2.00. The molecule has 1 atom stereocenters. The first kappa shape index (κ1) is 9.11. The Hall–Kier alpha value is -0.980. The zero-order valence-corrected chi connectivity index (χ0v) is 7.75. The molecule has 0 bridgehead atoms. The fourth-order valence-electron chi connectivity index (χ4n) is 1.14. The van der Waals surface area contributed by atoms with Crippen molar-refractivity contribution < 1.29 is 4.74 Å². The Morgan fingerprint density at radius 2 is 1.92 bits per heavy atom. The monoisotopic (exact) mass is 164 g/mol. The lowest BCUT2D eigenvalue weighted by Crippen LogP contribution is -1.89. The molecule has 0 aliphatic heterocycles. The molecule has 0 heterocycles. The molecule has 12 heavy (non-hydrogen) atoms. The van der Waals surface area contributed by atoms with Gasteiger partial charge in [0.25, 0.3) is 0 Å². The summed E-state index contributed by atoms with van der Waals surface area (Å²) in [6.07, 6.45) is 1.18. The quantitative estimate of drug-likeness (QED) is 0.480. The van der Waals surface area contributed by atoms with Gasteiger partial charge in [-0.2, -0.15) is 0 Å². The number of aromatic hydroxyl groups is 1. The van der Waals surface area contributed by atoms with Gasteiger partial charge in [-0.25, -0.2) is 0 Å². The number of hydrogen-bond donors (Lipinski definition) is 0. The molecule has 0 spiro atoms. The minimum Gasteiger partial charge on any atom is -0.722 e.